The second-order valence-corrected chi connectivity index (χ2v) is 4.91. The maximum absolute atomic E-state index is 5.81. The number of halogens is 1. The lowest BCUT2D eigenvalue weighted by Crippen LogP contribution is -1.86. The van der Waals surface area contributed by atoms with E-state index in [2.05, 4.69) is 4.98 Å². The van der Waals surface area contributed by atoms with E-state index >= 15 is 0 Å². The van der Waals surface area contributed by atoms with Gasteiger partial charge in [0.05, 0.1) is 10.7 Å². The molecule has 0 amide bonds. The molecule has 1 aromatic carbocycles. The van der Waals surface area contributed by atoms with Crippen LogP contribution in [0.15, 0.2) is 24.3 Å². The molecular formula is C11H11ClN2S. The predicted octanol–water partition coefficient (Wildman–Crippen LogP) is 3.28. The third-order valence-electron chi connectivity index (χ3n) is 2.15. The van der Waals surface area contributed by atoms with Gasteiger partial charge in [-0.1, -0.05) is 23.7 Å². The molecule has 78 valence electrons. The fourth-order valence-corrected chi connectivity index (χ4v) is 2.31. The molecule has 2 nitrogen and oxygen atoms in total. The van der Waals surface area contributed by atoms with E-state index in [1.807, 2.05) is 31.2 Å². The summed E-state index contributed by atoms with van der Waals surface area (Å²) in [6.45, 7) is 1.93. The van der Waals surface area contributed by atoms with Crippen LogP contribution in [0.25, 0.3) is 0 Å². The maximum Gasteiger partial charge on any atom is 0.109 e. The summed E-state index contributed by atoms with van der Waals surface area (Å²) in [5, 5.41) is 2.61. The number of nitrogens with zero attached hydrogens (tertiary/aromatic N) is 1. The summed E-state index contributed by atoms with van der Waals surface area (Å²) in [6.07, 6.45) is 0.819. The van der Waals surface area contributed by atoms with Crippen LogP contribution in [0.3, 0.4) is 0 Å². The molecule has 0 saturated heterocycles. The zero-order valence-electron chi connectivity index (χ0n) is 8.33. The normalized spacial score (nSPS) is 10.5. The Morgan fingerprint density at radius 3 is 2.53 bits per heavy atom. The highest BCUT2D eigenvalue weighted by Gasteiger charge is 2.04. The Labute approximate surface area is 97.7 Å². The highest BCUT2D eigenvalue weighted by Crippen LogP contribution is 2.22. The Morgan fingerprint density at radius 2 is 2.00 bits per heavy atom. The van der Waals surface area contributed by atoms with Crippen LogP contribution in [0.4, 0.5) is 5.00 Å². The molecule has 0 aliphatic rings. The summed E-state index contributed by atoms with van der Waals surface area (Å²) in [5.74, 6) is 0. The second kappa shape index (κ2) is 4.21. The van der Waals surface area contributed by atoms with Crippen molar-refractivity contribution in [2.24, 2.45) is 0 Å². The van der Waals surface area contributed by atoms with Gasteiger partial charge in [-0.05, 0) is 24.6 Å². The van der Waals surface area contributed by atoms with E-state index in [0.29, 0.717) is 0 Å². The van der Waals surface area contributed by atoms with E-state index in [9.17, 15) is 0 Å². The van der Waals surface area contributed by atoms with Crippen molar-refractivity contribution in [2.75, 3.05) is 5.73 Å². The van der Waals surface area contributed by atoms with Crippen LogP contribution in [-0.4, -0.2) is 4.98 Å². The Morgan fingerprint density at radius 1 is 1.33 bits per heavy atom. The van der Waals surface area contributed by atoms with Crippen molar-refractivity contribution < 1.29 is 0 Å². The first-order chi connectivity index (χ1) is 7.15. The van der Waals surface area contributed by atoms with Gasteiger partial charge < -0.3 is 5.73 Å². The molecule has 0 radical (unpaired) electrons. The number of aromatic nitrogens is 1. The molecule has 2 aromatic rings. The minimum Gasteiger partial charge on any atom is -0.389 e. The van der Waals surface area contributed by atoms with Crippen LogP contribution < -0.4 is 5.73 Å². The second-order valence-electron chi connectivity index (χ2n) is 3.36. The average Bonchev–Trinajstić information content (AvgIpc) is 2.50. The summed E-state index contributed by atoms with van der Waals surface area (Å²) in [4.78, 5) is 4.39. The van der Waals surface area contributed by atoms with Crippen LogP contribution in [0.1, 0.15) is 16.3 Å². The Hall–Kier alpha value is -1.06. The molecular weight excluding hydrogens is 228 g/mol. The van der Waals surface area contributed by atoms with Crippen molar-refractivity contribution >= 4 is 27.9 Å². The minimum absolute atomic E-state index is 0.758. The van der Waals surface area contributed by atoms with Gasteiger partial charge in [0.25, 0.3) is 0 Å². The van der Waals surface area contributed by atoms with E-state index in [-0.39, 0.29) is 0 Å². The molecule has 0 fully saturated rings. The molecule has 1 heterocycles. The lowest BCUT2D eigenvalue weighted by molar-refractivity contribution is 1.10. The number of thiazole rings is 1. The molecule has 15 heavy (non-hydrogen) atoms. The minimum atomic E-state index is 0.758. The quantitative estimate of drug-likeness (QED) is 0.872. The van der Waals surface area contributed by atoms with Crippen molar-refractivity contribution in [1.29, 1.82) is 0 Å². The van der Waals surface area contributed by atoms with Crippen molar-refractivity contribution in [3.05, 3.63) is 45.6 Å². The van der Waals surface area contributed by atoms with Gasteiger partial charge in [-0.25, -0.2) is 4.98 Å². The lowest BCUT2D eigenvalue weighted by atomic mass is 10.2. The molecule has 1 aromatic heterocycles. The van der Waals surface area contributed by atoms with Gasteiger partial charge in [0, 0.05) is 11.4 Å². The first kappa shape index (κ1) is 10.5. The zero-order chi connectivity index (χ0) is 10.8. The van der Waals surface area contributed by atoms with Crippen molar-refractivity contribution in [3.8, 4) is 0 Å². The number of nitrogen functional groups attached to an aromatic ring is 1. The summed E-state index contributed by atoms with van der Waals surface area (Å²) in [6, 6.07) is 7.80. The Kier molecular flexibility index (Phi) is 2.93. The smallest absolute Gasteiger partial charge is 0.109 e. The number of nitrogens with two attached hydrogens (primary N) is 1. The fourth-order valence-electron chi connectivity index (χ4n) is 1.32. The van der Waals surface area contributed by atoms with Gasteiger partial charge in [0.1, 0.15) is 5.00 Å². The van der Waals surface area contributed by atoms with E-state index < -0.39 is 0 Å². The summed E-state index contributed by atoms with van der Waals surface area (Å²) < 4.78 is 0. The number of benzene rings is 1. The fraction of sp³-hybridized carbons (Fsp3) is 0.182. The van der Waals surface area contributed by atoms with Gasteiger partial charge in [-0.15, -0.1) is 11.3 Å². The van der Waals surface area contributed by atoms with Crippen molar-refractivity contribution in [1.82, 2.24) is 4.98 Å². The summed E-state index contributed by atoms with van der Waals surface area (Å²) >= 11 is 7.36. The highest BCUT2D eigenvalue weighted by molar-refractivity contribution is 7.15. The number of hydrogen-bond acceptors (Lipinski definition) is 3. The molecule has 0 aliphatic heterocycles. The van der Waals surface area contributed by atoms with E-state index in [4.69, 9.17) is 17.3 Å². The average molecular weight is 239 g/mol. The highest BCUT2D eigenvalue weighted by atomic mass is 35.5. The van der Waals surface area contributed by atoms with Gasteiger partial charge >= 0.3 is 0 Å². The van der Waals surface area contributed by atoms with Gasteiger partial charge in [0.2, 0.25) is 0 Å². The van der Waals surface area contributed by atoms with Gasteiger partial charge in [-0.3, -0.25) is 0 Å². The molecule has 2 N–H and O–H groups in total. The Bertz CT molecular complexity index is 442. The van der Waals surface area contributed by atoms with Crippen LogP contribution in [-0.2, 0) is 6.42 Å². The first-order valence-electron chi connectivity index (χ1n) is 4.61. The van der Waals surface area contributed by atoms with Crippen LogP contribution in [0, 0.1) is 6.92 Å². The SMILES string of the molecule is Cc1nc(Cc2ccc(Cl)cc2)sc1N. The largest absolute Gasteiger partial charge is 0.389 e. The number of rotatable bonds is 2. The van der Waals surface area contributed by atoms with E-state index in [1.165, 1.54) is 5.56 Å². The third kappa shape index (κ3) is 2.49. The van der Waals surface area contributed by atoms with Crippen LogP contribution in [0.5, 0.6) is 0 Å². The van der Waals surface area contributed by atoms with Crippen molar-refractivity contribution in [3.63, 3.8) is 0 Å². The van der Waals surface area contributed by atoms with Crippen LogP contribution in [0.2, 0.25) is 5.02 Å². The third-order valence-corrected chi connectivity index (χ3v) is 3.38. The lowest BCUT2D eigenvalue weighted by Gasteiger charge is -1.97. The zero-order valence-corrected chi connectivity index (χ0v) is 9.90. The van der Waals surface area contributed by atoms with Crippen molar-refractivity contribution in [2.45, 2.75) is 13.3 Å². The Balaban J connectivity index is 2.18. The molecule has 0 saturated carbocycles. The molecule has 0 spiro atoms. The molecule has 0 bridgehead atoms. The van der Waals surface area contributed by atoms with Gasteiger partial charge in [-0.2, -0.15) is 0 Å². The summed E-state index contributed by atoms with van der Waals surface area (Å²) in [5.41, 5.74) is 7.88. The monoisotopic (exact) mass is 238 g/mol. The molecule has 0 aliphatic carbocycles. The van der Waals surface area contributed by atoms with E-state index in [1.54, 1.807) is 11.3 Å². The topological polar surface area (TPSA) is 38.9 Å². The standard InChI is InChI=1S/C11H11ClN2S/c1-7-11(13)15-10(14-7)6-8-2-4-9(12)5-3-8/h2-5H,6,13H2,1H3. The number of hydrogen-bond donors (Lipinski definition) is 1. The maximum atomic E-state index is 5.81. The number of anilines is 1. The van der Waals surface area contributed by atoms with Crippen LogP contribution >= 0.6 is 22.9 Å². The van der Waals surface area contributed by atoms with Gasteiger partial charge in [0.15, 0.2) is 0 Å². The van der Waals surface area contributed by atoms with E-state index in [0.717, 1.165) is 27.1 Å². The number of aryl methyl sites for hydroxylation is 1. The summed E-state index contributed by atoms with van der Waals surface area (Å²) in [7, 11) is 0. The molecule has 2 rings (SSSR count). The first-order valence-corrected chi connectivity index (χ1v) is 5.81. The predicted molar refractivity (Wildman–Crippen MR) is 65.5 cm³/mol. The molecule has 0 atom stereocenters. The molecule has 4 heteroatoms. The molecule has 0 unspecified atom stereocenters.